The van der Waals surface area contributed by atoms with Crippen molar-refractivity contribution in [3.8, 4) is 6.07 Å². The van der Waals surface area contributed by atoms with Crippen LogP contribution in [0.3, 0.4) is 0 Å². The molecule has 0 aliphatic heterocycles. The Morgan fingerprint density at radius 3 is 2.61 bits per heavy atom. The van der Waals surface area contributed by atoms with Crippen LogP contribution in [0.15, 0.2) is 24.3 Å². The van der Waals surface area contributed by atoms with Crippen LogP contribution in [0.5, 0.6) is 0 Å². The smallest absolute Gasteiger partial charge is 0.343 e. The van der Waals surface area contributed by atoms with Gasteiger partial charge in [0.15, 0.2) is 0 Å². The molecule has 1 aromatic carbocycles. The molecule has 1 heterocycles. The van der Waals surface area contributed by atoms with Crippen LogP contribution >= 0.6 is 11.6 Å². The molecule has 0 aliphatic carbocycles. The molecule has 0 aliphatic rings. The highest BCUT2D eigenvalue weighted by Crippen LogP contribution is 2.22. The first kappa shape index (κ1) is 17.0. The number of esters is 1. The molecule has 0 amide bonds. The van der Waals surface area contributed by atoms with Gasteiger partial charge in [-0.1, -0.05) is 37.6 Å². The van der Waals surface area contributed by atoms with Gasteiger partial charge in [-0.25, -0.2) is 4.79 Å². The quantitative estimate of drug-likeness (QED) is 0.783. The Hall–Kier alpha value is -2.32. The largest absolute Gasteiger partial charge is 0.457 e. The van der Waals surface area contributed by atoms with Crippen LogP contribution < -0.4 is 0 Å². The van der Waals surface area contributed by atoms with Crippen LogP contribution in [0.4, 0.5) is 0 Å². The van der Waals surface area contributed by atoms with Crippen molar-refractivity contribution in [2.24, 2.45) is 5.92 Å². The molecule has 0 atom stereocenters. The fourth-order valence-corrected chi connectivity index (χ4v) is 2.47. The number of halogens is 1. The zero-order valence-corrected chi connectivity index (χ0v) is 14.1. The van der Waals surface area contributed by atoms with Crippen LogP contribution in [-0.4, -0.2) is 15.7 Å². The molecular formula is C17H18ClN3O2. The van der Waals surface area contributed by atoms with Crippen molar-refractivity contribution in [2.75, 3.05) is 0 Å². The fourth-order valence-electron chi connectivity index (χ4n) is 2.15. The number of hydrogen-bond donors (Lipinski definition) is 0. The highest BCUT2D eigenvalue weighted by atomic mass is 35.5. The van der Waals surface area contributed by atoms with E-state index in [1.54, 1.807) is 35.9 Å². The molecule has 2 aromatic rings. The molecular weight excluding hydrogens is 314 g/mol. The molecule has 0 saturated carbocycles. The molecule has 6 heteroatoms. The van der Waals surface area contributed by atoms with E-state index in [-0.39, 0.29) is 6.61 Å². The number of carbonyl (C=O) groups is 1. The Morgan fingerprint density at radius 2 is 2.04 bits per heavy atom. The first-order valence-corrected chi connectivity index (χ1v) is 7.69. The average Bonchev–Trinajstić information content (AvgIpc) is 2.79. The molecule has 0 radical (unpaired) electrons. The van der Waals surface area contributed by atoms with Gasteiger partial charge in [-0.15, -0.1) is 0 Å². The molecule has 5 nitrogen and oxygen atoms in total. The number of nitrogens with zero attached hydrogens (tertiary/aromatic N) is 3. The van der Waals surface area contributed by atoms with E-state index in [4.69, 9.17) is 21.6 Å². The molecule has 0 saturated heterocycles. The minimum atomic E-state index is -0.494. The van der Waals surface area contributed by atoms with Crippen LogP contribution in [0.25, 0.3) is 0 Å². The summed E-state index contributed by atoms with van der Waals surface area (Å²) >= 11 is 6.25. The normalized spacial score (nSPS) is 10.6. The van der Waals surface area contributed by atoms with E-state index in [1.165, 1.54) is 0 Å². The molecule has 0 bridgehead atoms. The minimum Gasteiger partial charge on any atom is -0.457 e. The number of nitriles is 1. The monoisotopic (exact) mass is 331 g/mol. The Labute approximate surface area is 140 Å². The Balaban J connectivity index is 2.08. The third kappa shape index (κ3) is 4.11. The standard InChI is InChI=1S/C17H18ClN3O2/c1-11(2)9-21-16(18)15(12(3)20-21)17(22)23-10-14-6-4-13(8-19)5-7-14/h4-7,11H,9-10H2,1-3H3. The first-order chi connectivity index (χ1) is 10.9. The number of ether oxygens (including phenoxy) is 1. The highest BCUT2D eigenvalue weighted by molar-refractivity contribution is 6.32. The predicted octanol–water partition coefficient (Wildman–Crippen LogP) is 3.73. The summed E-state index contributed by atoms with van der Waals surface area (Å²) in [5.41, 5.74) is 2.23. The molecule has 0 N–H and O–H groups in total. The van der Waals surface area contributed by atoms with Crippen molar-refractivity contribution in [2.45, 2.75) is 33.9 Å². The van der Waals surface area contributed by atoms with Gasteiger partial charge in [0.2, 0.25) is 0 Å². The second kappa shape index (κ2) is 7.30. The van der Waals surface area contributed by atoms with Gasteiger partial charge in [0.05, 0.1) is 17.3 Å². The molecule has 0 spiro atoms. The van der Waals surface area contributed by atoms with Gasteiger partial charge in [-0.3, -0.25) is 4.68 Å². The van der Waals surface area contributed by atoms with E-state index >= 15 is 0 Å². The van der Waals surface area contributed by atoms with Crippen LogP contribution in [0.1, 0.15) is 41.0 Å². The lowest BCUT2D eigenvalue weighted by atomic mass is 10.1. The van der Waals surface area contributed by atoms with E-state index < -0.39 is 5.97 Å². The van der Waals surface area contributed by atoms with Crippen LogP contribution in [-0.2, 0) is 17.9 Å². The van der Waals surface area contributed by atoms with Crippen LogP contribution in [0.2, 0.25) is 5.15 Å². The maximum atomic E-state index is 12.3. The Bertz CT molecular complexity index is 742. The second-order valence-electron chi connectivity index (χ2n) is 5.71. The van der Waals surface area contributed by atoms with Crippen molar-refractivity contribution >= 4 is 17.6 Å². The zero-order chi connectivity index (χ0) is 17.0. The van der Waals surface area contributed by atoms with Gasteiger partial charge < -0.3 is 4.74 Å². The number of hydrogen-bond acceptors (Lipinski definition) is 4. The summed E-state index contributed by atoms with van der Waals surface area (Å²) in [4.78, 5) is 12.3. The molecule has 1 aromatic heterocycles. The SMILES string of the molecule is Cc1nn(CC(C)C)c(Cl)c1C(=O)OCc1ccc(C#N)cc1. The summed E-state index contributed by atoms with van der Waals surface area (Å²) in [6.45, 7) is 6.60. The third-order valence-electron chi connectivity index (χ3n) is 3.26. The number of aryl methyl sites for hydroxylation is 1. The predicted molar refractivity (Wildman–Crippen MR) is 87.1 cm³/mol. The van der Waals surface area contributed by atoms with Gasteiger partial charge in [0, 0.05) is 6.54 Å². The Morgan fingerprint density at radius 1 is 1.39 bits per heavy atom. The van der Waals surface area contributed by atoms with Gasteiger partial charge in [-0.2, -0.15) is 10.4 Å². The molecule has 2 rings (SSSR count). The molecule has 0 fully saturated rings. The lowest BCUT2D eigenvalue weighted by Crippen LogP contribution is -2.08. The van der Waals surface area contributed by atoms with Crippen molar-refractivity contribution in [3.05, 3.63) is 51.8 Å². The lowest BCUT2D eigenvalue weighted by molar-refractivity contribution is 0.0472. The summed E-state index contributed by atoms with van der Waals surface area (Å²) in [6, 6.07) is 8.91. The topological polar surface area (TPSA) is 67.9 Å². The van der Waals surface area contributed by atoms with E-state index in [9.17, 15) is 4.79 Å². The maximum absolute atomic E-state index is 12.3. The summed E-state index contributed by atoms with van der Waals surface area (Å²) in [5.74, 6) is -0.124. The number of carbonyl (C=O) groups excluding carboxylic acids is 1. The maximum Gasteiger partial charge on any atom is 0.343 e. The van der Waals surface area contributed by atoms with Crippen molar-refractivity contribution < 1.29 is 9.53 Å². The lowest BCUT2D eigenvalue weighted by Gasteiger charge is -2.07. The van der Waals surface area contributed by atoms with E-state index in [1.807, 2.05) is 6.07 Å². The summed E-state index contributed by atoms with van der Waals surface area (Å²) in [6.07, 6.45) is 0. The summed E-state index contributed by atoms with van der Waals surface area (Å²) in [5, 5.41) is 13.4. The molecule has 120 valence electrons. The Kier molecular flexibility index (Phi) is 5.41. The zero-order valence-electron chi connectivity index (χ0n) is 13.3. The fraction of sp³-hybridized carbons (Fsp3) is 0.353. The van der Waals surface area contributed by atoms with E-state index in [2.05, 4.69) is 18.9 Å². The molecule has 23 heavy (non-hydrogen) atoms. The highest BCUT2D eigenvalue weighted by Gasteiger charge is 2.22. The second-order valence-corrected chi connectivity index (χ2v) is 6.07. The van der Waals surface area contributed by atoms with Crippen molar-refractivity contribution in [1.82, 2.24) is 9.78 Å². The molecule has 0 unspecified atom stereocenters. The van der Waals surface area contributed by atoms with E-state index in [0.29, 0.717) is 34.4 Å². The average molecular weight is 332 g/mol. The number of benzene rings is 1. The number of aromatic nitrogens is 2. The third-order valence-corrected chi connectivity index (χ3v) is 3.64. The van der Waals surface area contributed by atoms with Crippen LogP contribution in [0, 0.1) is 24.2 Å². The minimum absolute atomic E-state index is 0.121. The number of rotatable bonds is 5. The summed E-state index contributed by atoms with van der Waals surface area (Å²) < 4.78 is 6.93. The van der Waals surface area contributed by atoms with Crippen molar-refractivity contribution in [1.29, 1.82) is 5.26 Å². The van der Waals surface area contributed by atoms with E-state index in [0.717, 1.165) is 5.56 Å². The van der Waals surface area contributed by atoms with Gasteiger partial charge in [0.25, 0.3) is 0 Å². The van der Waals surface area contributed by atoms with Gasteiger partial charge in [-0.05, 0) is 30.5 Å². The first-order valence-electron chi connectivity index (χ1n) is 7.31. The summed E-state index contributed by atoms with van der Waals surface area (Å²) in [7, 11) is 0. The van der Waals surface area contributed by atoms with Crippen molar-refractivity contribution in [3.63, 3.8) is 0 Å². The van der Waals surface area contributed by atoms with Gasteiger partial charge in [0.1, 0.15) is 17.3 Å². The van der Waals surface area contributed by atoms with Gasteiger partial charge >= 0.3 is 5.97 Å².